The number of likely N-dealkylation sites (tertiary alicyclic amines) is 1. The molecule has 2 heterocycles. The summed E-state index contributed by atoms with van der Waals surface area (Å²) < 4.78 is 6.73. The number of halogens is 1. The first-order valence-corrected chi connectivity index (χ1v) is 7.80. The number of aldehydes is 1. The summed E-state index contributed by atoms with van der Waals surface area (Å²) in [4.78, 5) is 13.1. The number of hydrogen-bond donors (Lipinski definition) is 0. The van der Waals surface area contributed by atoms with Crippen molar-refractivity contribution < 1.29 is 9.21 Å². The molecule has 1 fully saturated rings. The van der Waals surface area contributed by atoms with Crippen LogP contribution in [0.15, 0.2) is 33.2 Å². The first-order valence-electron chi connectivity index (χ1n) is 7.00. The van der Waals surface area contributed by atoms with Gasteiger partial charge in [-0.15, -0.1) is 10.2 Å². The zero-order valence-corrected chi connectivity index (χ0v) is 13.1. The van der Waals surface area contributed by atoms with E-state index in [-0.39, 0.29) is 5.92 Å². The molecular weight excluding hydrogens is 334 g/mol. The third-order valence-corrected chi connectivity index (χ3v) is 4.18. The Kier molecular flexibility index (Phi) is 4.45. The van der Waals surface area contributed by atoms with E-state index in [4.69, 9.17) is 4.42 Å². The highest BCUT2D eigenvalue weighted by atomic mass is 79.9. The van der Waals surface area contributed by atoms with E-state index in [1.165, 1.54) is 0 Å². The van der Waals surface area contributed by atoms with Gasteiger partial charge in [-0.2, -0.15) is 0 Å². The van der Waals surface area contributed by atoms with Gasteiger partial charge in [-0.05, 0) is 43.7 Å². The van der Waals surface area contributed by atoms with Crippen LogP contribution < -0.4 is 0 Å². The standard InChI is InChI=1S/C15H16BrN3O2/c16-13-5-3-12(4-6-13)15-18-17-14(21-15)9-19-7-1-2-11(8-19)10-20/h3-6,10-11H,1-2,7-9H2. The van der Waals surface area contributed by atoms with Crippen LogP contribution in [0.25, 0.3) is 11.5 Å². The molecule has 1 atom stereocenters. The van der Waals surface area contributed by atoms with E-state index in [0.717, 1.165) is 42.3 Å². The van der Waals surface area contributed by atoms with Crippen molar-refractivity contribution in [1.29, 1.82) is 0 Å². The van der Waals surface area contributed by atoms with E-state index in [1.54, 1.807) is 0 Å². The normalized spacial score (nSPS) is 19.6. The zero-order valence-electron chi connectivity index (χ0n) is 11.5. The van der Waals surface area contributed by atoms with Crippen LogP contribution in [0.5, 0.6) is 0 Å². The zero-order chi connectivity index (χ0) is 14.7. The number of aromatic nitrogens is 2. The molecule has 0 bridgehead atoms. The van der Waals surface area contributed by atoms with Gasteiger partial charge in [0.15, 0.2) is 0 Å². The van der Waals surface area contributed by atoms with Crippen LogP contribution >= 0.6 is 15.9 Å². The lowest BCUT2D eigenvalue weighted by Gasteiger charge is -2.28. The van der Waals surface area contributed by atoms with Crippen molar-refractivity contribution in [3.8, 4) is 11.5 Å². The fraction of sp³-hybridized carbons (Fsp3) is 0.400. The van der Waals surface area contributed by atoms with Gasteiger partial charge in [-0.3, -0.25) is 4.90 Å². The van der Waals surface area contributed by atoms with Gasteiger partial charge in [-0.1, -0.05) is 15.9 Å². The van der Waals surface area contributed by atoms with Crippen LogP contribution in [-0.4, -0.2) is 34.5 Å². The van der Waals surface area contributed by atoms with Crippen molar-refractivity contribution in [2.24, 2.45) is 5.92 Å². The monoisotopic (exact) mass is 349 g/mol. The van der Waals surface area contributed by atoms with Crippen LogP contribution in [0.3, 0.4) is 0 Å². The first kappa shape index (κ1) is 14.4. The quantitative estimate of drug-likeness (QED) is 0.794. The van der Waals surface area contributed by atoms with Crippen molar-refractivity contribution in [1.82, 2.24) is 15.1 Å². The summed E-state index contributed by atoms with van der Waals surface area (Å²) in [6.45, 7) is 2.35. The smallest absolute Gasteiger partial charge is 0.247 e. The average molecular weight is 350 g/mol. The van der Waals surface area contributed by atoms with Crippen molar-refractivity contribution in [3.05, 3.63) is 34.6 Å². The average Bonchev–Trinajstić information content (AvgIpc) is 2.96. The second kappa shape index (κ2) is 6.49. The molecule has 1 aromatic heterocycles. The van der Waals surface area contributed by atoms with Crippen LogP contribution in [0.4, 0.5) is 0 Å². The molecule has 0 saturated carbocycles. The maximum absolute atomic E-state index is 10.9. The molecule has 1 aliphatic heterocycles. The van der Waals surface area contributed by atoms with Crippen LogP contribution in [0.1, 0.15) is 18.7 Å². The molecule has 3 rings (SSSR count). The summed E-state index contributed by atoms with van der Waals surface area (Å²) in [6, 6.07) is 7.76. The number of rotatable bonds is 4. The Hall–Kier alpha value is -1.53. The van der Waals surface area contributed by atoms with Gasteiger partial charge < -0.3 is 9.21 Å². The third-order valence-electron chi connectivity index (χ3n) is 3.65. The highest BCUT2D eigenvalue weighted by molar-refractivity contribution is 9.10. The Balaban J connectivity index is 1.67. The predicted molar refractivity (Wildman–Crippen MR) is 81.5 cm³/mol. The van der Waals surface area contributed by atoms with Crippen LogP contribution in [-0.2, 0) is 11.3 Å². The van der Waals surface area contributed by atoms with Crippen LogP contribution in [0, 0.1) is 5.92 Å². The molecule has 110 valence electrons. The molecule has 0 aliphatic carbocycles. The SMILES string of the molecule is O=CC1CCCN(Cc2nnc(-c3ccc(Br)cc3)o2)C1. The Morgan fingerprint density at radius 1 is 1.33 bits per heavy atom. The summed E-state index contributed by atoms with van der Waals surface area (Å²) in [7, 11) is 0. The van der Waals surface area contributed by atoms with Gasteiger partial charge in [0, 0.05) is 22.5 Å². The molecule has 6 heteroatoms. The molecule has 0 radical (unpaired) electrons. The minimum atomic E-state index is 0.132. The number of carbonyl (C=O) groups is 1. The van der Waals surface area contributed by atoms with Gasteiger partial charge in [0.1, 0.15) is 6.29 Å². The number of hydrogen-bond acceptors (Lipinski definition) is 5. The third kappa shape index (κ3) is 3.57. The first-order chi connectivity index (χ1) is 10.2. The second-order valence-corrected chi connectivity index (χ2v) is 6.20. The topological polar surface area (TPSA) is 59.2 Å². The summed E-state index contributed by atoms with van der Waals surface area (Å²) >= 11 is 3.40. The maximum atomic E-state index is 10.9. The Bertz CT molecular complexity index is 612. The number of carbonyl (C=O) groups excluding carboxylic acids is 1. The van der Waals surface area contributed by atoms with E-state index in [9.17, 15) is 4.79 Å². The highest BCUT2D eigenvalue weighted by Crippen LogP contribution is 2.22. The van der Waals surface area contributed by atoms with E-state index in [2.05, 4.69) is 31.0 Å². The minimum absolute atomic E-state index is 0.132. The Labute approximate surface area is 131 Å². The Morgan fingerprint density at radius 3 is 2.90 bits per heavy atom. The second-order valence-electron chi connectivity index (χ2n) is 5.28. The van der Waals surface area contributed by atoms with Gasteiger partial charge in [0.25, 0.3) is 0 Å². The molecule has 5 nitrogen and oxygen atoms in total. The number of benzene rings is 1. The number of nitrogens with zero attached hydrogens (tertiary/aromatic N) is 3. The summed E-state index contributed by atoms with van der Waals surface area (Å²) in [5.74, 6) is 1.26. The maximum Gasteiger partial charge on any atom is 0.247 e. The van der Waals surface area contributed by atoms with Gasteiger partial charge >= 0.3 is 0 Å². The van der Waals surface area contributed by atoms with Crippen molar-refractivity contribution in [2.75, 3.05) is 13.1 Å². The van der Waals surface area contributed by atoms with E-state index in [0.29, 0.717) is 18.3 Å². The Morgan fingerprint density at radius 2 is 2.14 bits per heavy atom. The molecule has 0 N–H and O–H groups in total. The number of piperidine rings is 1. The molecule has 1 unspecified atom stereocenters. The predicted octanol–water partition coefficient (Wildman–Crippen LogP) is 2.91. The van der Waals surface area contributed by atoms with Crippen molar-refractivity contribution in [3.63, 3.8) is 0 Å². The van der Waals surface area contributed by atoms with E-state index < -0.39 is 0 Å². The summed E-state index contributed by atoms with van der Waals surface area (Å²) in [6.07, 6.45) is 3.07. The molecule has 2 aromatic rings. The minimum Gasteiger partial charge on any atom is -0.419 e. The summed E-state index contributed by atoms with van der Waals surface area (Å²) in [5, 5.41) is 8.19. The molecule has 1 aliphatic rings. The highest BCUT2D eigenvalue weighted by Gasteiger charge is 2.21. The van der Waals surface area contributed by atoms with Gasteiger partial charge in [-0.25, -0.2) is 0 Å². The van der Waals surface area contributed by atoms with Gasteiger partial charge in [0.2, 0.25) is 11.8 Å². The molecule has 0 spiro atoms. The van der Waals surface area contributed by atoms with Gasteiger partial charge in [0.05, 0.1) is 6.54 Å². The molecule has 1 aromatic carbocycles. The van der Waals surface area contributed by atoms with E-state index in [1.807, 2.05) is 24.3 Å². The molecular formula is C15H16BrN3O2. The largest absolute Gasteiger partial charge is 0.419 e. The fourth-order valence-electron chi connectivity index (χ4n) is 2.56. The molecule has 0 amide bonds. The summed E-state index contributed by atoms with van der Waals surface area (Å²) in [5.41, 5.74) is 0.904. The van der Waals surface area contributed by atoms with E-state index >= 15 is 0 Å². The lowest BCUT2D eigenvalue weighted by molar-refractivity contribution is -0.112. The lowest BCUT2D eigenvalue weighted by atomic mass is 10.00. The van der Waals surface area contributed by atoms with Crippen molar-refractivity contribution in [2.45, 2.75) is 19.4 Å². The van der Waals surface area contributed by atoms with Crippen LogP contribution in [0.2, 0.25) is 0 Å². The molecule has 1 saturated heterocycles. The molecule has 21 heavy (non-hydrogen) atoms. The van der Waals surface area contributed by atoms with Crippen molar-refractivity contribution >= 4 is 22.2 Å². The fourth-order valence-corrected chi connectivity index (χ4v) is 2.83. The lowest BCUT2D eigenvalue weighted by Crippen LogP contribution is -2.35.